The molecule has 7 heavy (non-hydrogen) atoms. The lowest BCUT2D eigenvalue weighted by Crippen LogP contribution is -1.78. The van der Waals surface area contributed by atoms with Gasteiger partial charge >= 0.3 is 0 Å². The fraction of sp³-hybridized carbons (Fsp3) is 0. The van der Waals surface area contributed by atoms with E-state index >= 15 is 0 Å². The Hall–Kier alpha value is -0.490. The first-order valence-corrected chi connectivity index (χ1v) is 2.40. The van der Waals surface area contributed by atoms with Gasteiger partial charge in [-0.3, -0.25) is 0 Å². The monoisotopic (exact) mass is 116 g/mol. The van der Waals surface area contributed by atoms with Crippen LogP contribution in [-0.4, -0.2) is 5.11 Å². The molecule has 0 aliphatic heterocycles. The van der Waals surface area contributed by atoms with Crippen LogP contribution in [0.3, 0.4) is 0 Å². The van der Waals surface area contributed by atoms with E-state index in [0.29, 0.717) is 5.30 Å². The van der Waals surface area contributed by atoms with Crippen molar-refractivity contribution in [1.29, 1.82) is 0 Å². The van der Waals surface area contributed by atoms with Crippen LogP contribution in [-0.2, 0) is 0 Å². The topological polar surface area (TPSA) is 33.4 Å². The molecule has 0 aliphatic rings. The third kappa shape index (κ3) is 0.751. The smallest absolute Gasteiger partial charge is 0.289 e. The van der Waals surface area contributed by atoms with Gasteiger partial charge in [0.25, 0.3) is 5.95 Å². The summed E-state index contributed by atoms with van der Waals surface area (Å²) < 4.78 is 4.50. The van der Waals surface area contributed by atoms with E-state index in [2.05, 4.69) is 13.7 Å². The Morgan fingerprint density at radius 1 is 1.71 bits per heavy atom. The minimum atomic E-state index is -0.0231. The number of aromatic hydroxyl groups is 1. The van der Waals surface area contributed by atoms with E-state index in [1.165, 1.54) is 6.26 Å². The van der Waals surface area contributed by atoms with E-state index < -0.39 is 0 Å². The summed E-state index contributed by atoms with van der Waals surface area (Å²) in [5.41, 5.74) is 0. The van der Waals surface area contributed by atoms with Gasteiger partial charge in [-0.05, 0) is 6.07 Å². The van der Waals surface area contributed by atoms with E-state index in [9.17, 15) is 0 Å². The maximum Gasteiger partial charge on any atom is 0.289 e. The Balaban J connectivity index is 3.12. The summed E-state index contributed by atoms with van der Waals surface area (Å²) in [6.07, 6.45) is 1.43. The van der Waals surface area contributed by atoms with Gasteiger partial charge in [0, 0.05) is 0 Å². The van der Waals surface area contributed by atoms with E-state index in [4.69, 9.17) is 5.11 Å². The molecule has 1 rings (SSSR count). The van der Waals surface area contributed by atoms with Gasteiger partial charge in [-0.15, -0.1) is 0 Å². The highest BCUT2D eigenvalue weighted by Crippen LogP contribution is 2.06. The molecule has 0 aliphatic carbocycles. The lowest BCUT2D eigenvalue weighted by atomic mass is 10.6. The van der Waals surface area contributed by atoms with Crippen LogP contribution in [0.4, 0.5) is 0 Å². The number of furan rings is 1. The van der Waals surface area contributed by atoms with E-state index in [0.717, 1.165) is 0 Å². The molecule has 1 unspecified atom stereocenters. The molecule has 0 aromatic carbocycles. The molecule has 0 radical (unpaired) electrons. The molecule has 0 saturated carbocycles. The fourth-order valence-corrected chi connectivity index (χ4v) is 0.458. The lowest BCUT2D eigenvalue weighted by Gasteiger charge is -1.78. The summed E-state index contributed by atoms with van der Waals surface area (Å²) >= 11 is 0. The molecular formula is C4H5O2P. The molecule has 0 spiro atoms. The van der Waals surface area contributed by atoms with Crippen molar-refractivity contribution >= 4 is 14.5 Å². The first kappa shape index (κ1) is 4.66. The maximum absolute atomic E-state index is 8.57. The number of rotatable bonds is 0. The van der Waals surface area contributed by atoms with Crippen molar-refractivity contribution in [3.63, 3.8) is 0 Å². The summed E-state index contributed by atoms with van der Waals surface area (Å²) in [6.45, 7) is 0. The van der Waals surface area contributed by atoms with Crippen LogP contribution in [0.15, 0.2) is 16.7 Å². The Bertz CT molecular complexity index is 142. The van der Waals surface area contributed by atoms with Gasteiger partial charge in [0.1, 0.15) is 0 Å². The highest BCUT2D eigenvalue weighted by atomic mass is 31.0. The average molecular weight is 116 g/mol. The summed E-state index contributed by atoms with van der Waals surface area (Å²) in [4.78, 5) is 0. The SMILES string of the molecule is Oc1occc1P. The second-order valence-electron chi connectivity index (χ2n) is 1.18. The second kappa shape index (κ2) is 1.55. The van der Waals surface area contributed by atoms with Crippen molar-refractivity contribution < 1.29 is 9.52 Å². The Labute approximate surface area is 43.3 Å². The molecule has 3 heteroatoms. The zero-order valence-corrected chi connectivity index (χ0v) is 4.74. The standard InChI is InChI=1S/C4H5O2P/c5-4-3(7)1-2-6-4/h1-2,5H,7H2. The van der Waals surface area contributed by atoms with Gasteiger partial charge in [0.15, 0.2) is 0 Å². The Morgan fingerprint density at radius 2 is 2.43 bits per heavy atom. The van der Waals surface area contributed by atoms with Crippen LogP contribution in [0.5, 0.6) is 5.95 Å². The normalized spacial score (nSPS) is 9.29. The first-order chi connectivity index (χ1) is 3.30. The minimum absolute atomic E-state index is 0.0231. The highest BCUT2D eigenvalue weighted by molar-refractivity contribution is 7.27. The van der Waals surface area contributed by atoms with Crippen LogP contribution in [0.25, 0.3) is 0 Å². The minimum Gasteiger partial charge on any atom is -0.480 e. The van der Waals surface area contributed by atoms with Gasteiger partial charge in [-0.25, -0.2) is 0 Å². The van der Waals surface area contributed by atoms with Crippen molar-refractivity contribution in [2.45, 2.75) is 0 Å². The average Bonchev–Trinajstić information content (AvgIpc) is 1.91. The molecule has 0 saturated heterocycles. The Kier molecular flexibility index (Phi) is 1.03. The zero-order chi connectivity index (χ0) is 5.28. The van der Waals surface area contributed by atoms with Gasteiger partial charge in [-0.2, -0.15) is 0 Å². The van der Waals surface area contributed by atoms with E-state index in [1.54, 1.807) is 6.07 Å². The Morgan fingerprint density at radius 3 is 2.57 bits per heavy atom. The molecule has 1 aromatic heterocycles. The molecule has 38 valence electrons. The summed E-state index contributed by atoms with van der Waals surface area (Å²) in [5, 5.41) is 9.27. The number of hydrogen-bond acceptors (Lipinski definition) is 2. The largest absolute Gasteiger partial charge is 0.480 e. The van der Waals surface area contributed by atoms with Crippen LogP contribution >= 0.6 is 9.24 Å². The van der Waals surface area contributed by atoms with Gasteiger partial charge < -0.3 is 9.52 Å². The molecule has 1 heterocycles. The summed E-state index contributed by atoms with van der Waals surface area (Å²) in [7, 11) is 2.33. The predicted molar refractivity (Wildman–Crippen MR) is 29.7 cm³/mol. The highest BCUT2D eigenvalue weighted by Gasteiger charge is 1.92. The van der Waals surface area contributed by atoms with E-state index in [1.807, 2.05) is 0 Å². The zero-order valence-electron chi connectivity index (χ0n) is 3.59. The molecule has 0 amide bonds. The van der Waals surface area contributed by atoms with Crippen LogP contribution in [0, 0.1) is 0 Å². The fourth-order valence-electron chi connectivity index (χ4n) is 0.311. The quantitative estimate of drug-likeness (QED) is 0.500. The van der Waals surface area contributed by atoms with Crippen molar-refractivity contribution in [1.82, 2.24) is 0 Å². The molecule has 1 N–H and O–H groups in total. The van der Waals surface area contributed by atoms with E-state index in [-0.39, 0.29) is 5.95 Å². The molecule has 0 fully saturated rings. The lowest BCUT2D eigenvalue weighted by molar-refractivity contribution is 0.336. The summed E-state index contributed by atoms with van der Waals surface area (Å²) in [5.74, 6) is -0.0231. The summed E-state index contributed by atoms with van der Waals surface area (Å²) in [6, 6.07) is 1.67. The van der Waals surface area contributed by atoms with Gasteiger partial charge in [-0.1, -0.05) is 9.24 Å². The van der Waals surface area contributed by atoms with Crippen LogP contribution < -0.4 is 5.30 Å². The molecule has 0 bridgehead atoms. The van der Waals surface area contributed by atoms with Crippen molar-refractivity contribution in [3.8, 4) is 5.95 Å². The van der Waals surface area contributed by atoms with Crippen molar-refractivity contribution in [2.75, 3.05) is 0 Å². The molecular weight excluding hydrogens is 111 g/mol. The second-order valence-corrected chi connectivity index (χ2v) is 1.80. The first-order valence-electron chi connectivity index (χ1n) is 1.82. The van der Waals surface area contributed by atoms with Crippen LogP contribution in [0.2, 0.25) is 0 Å². The molecule has 1 atom stereocenters. The van der Waals surface area contributed by atoms with Crippen LogP contribution in [0.1, 0.15) is 0 Å². The molecule has 2 nitrogen and oxygen atoms in total. The maximum atomic E-state index is 8.57. The van der Waals surface area contributed by atoms with Gasteiger partial charge in [0.05, 0.1) is 11.6 Å². The molecule has 1 aromatic rings. The predicted octanol–water partition coefficient (Wildman–Crippen LogP) is 0.486. The van der Waals surface area contributed by atoms with Crippen molar-refractivity contribution in [2.24, 2.45) is 0 Å². The third-order valence-electron chi connectivity index (χ3n) is 0.674. The number of hydrogen-bond donors (Lipinski definition) is 1. The van der Waals surface area contributed by atoms with Gasteiger partial charge in [0.2, 0.25) is 0 Å². The third-order valence-corrected chi connectivity index (χ3v) is 1.11. The van der Waals surface area contributed by atoms with Crippen molar-refractivity contribution in [3.05, 3.63) is 12.3 Å².